The van der Waals surface area contributed by atoms with Gasteiger partial charge in [-0.1, -0.05) is 48.0 Å². The molecule has 0 unspecified atom stereocenters. The third-order valence-electron chi connectivity index (χ3n) is 2.59. The Kier molecular flexibility index (Phi) is 6.48. The Bertz CT molecular complexity index is 676. The number of thioether (sulfide) groups is 2. The Labute approximate surface area is 141 Å². The predicted octanol–water partition coefficient (Wildman–Crippen LogP) is 4.62. The number of nitrogens with one attached hydrogen (secondary N) is 1. The van der Waals surface area contributed by atoms with E-state index in [1.54, 1.807) is 23.9 Å². The number of H-pyrrole nitrogens is 1. The van der Waals surface area contributed by atoms with Crippen molar-refractivity contribution in [1.82, 2.24) is 9.97 Å². The van der Waals surface area contributed by atoms with Crippen LogP contribution in [0.4, 0.5) is 0 Å². The molecule has 0 saturated carbocycles. The summed E-state index contributed by atoms with van der Waals surface area (Å²) in [4.78, 5) is 18.8. The van der Waals surface area contributed by atoms with E-state index >= 15 is 0 Å². The van der Waals surface area contributed by atoms with Gasteiger partial charge in [0.15, 0.2) is 5.16 Å². The molecular formula is C14H14Cl2N2OS2. The van der Waals surface area contributed by atoms with Crippen molar-refractivity contribution in [2.45, 2.75) is 23.6 Å². The lowest BCUT2D eigenvalue weighted by Gasteiger charge is -2.05. The minimum Gasteiger partial charge on any atom is -0.301 e. The second-order valence-electron chi connectivity index (χ2n) is 4.22. The fourth-order valence-corrected chi connectivity index (χ4v) is 3.33. The fourth-order valence-electron chi connectivity index (χ4n) is 1.61. The maximum Gasteiger partial charge on any atom is 0.251 e. The van der Waals surface area contributed by atoms with Crippen LogP contribution in [0.15, 0.2) is 34.2 Å². The molecule has 0 radical (unpaired) electrons. The van der Waals surface area contributed by atoms with Gasteiger partial charge in [-0.25, -0.2) is 4.98 Å². The highest BCUT2D eigenvalue weighted by atomic mass is 35.5. The summed E-state index contributed by atoms with van der Waals surface area (Å²) in [5.74, 6) is 2.42. The first-order valence-corrected chi connectivity index (χ1v) is 9.23. The molecule has 0 aliphatic heterocycles. The van der Waals surface area contributed by atoms with Gasteiger partial charge in [0.2, 0.25) is 0 Å². The molecule has 2 aromatic rings. The third kappa shape index (κ3) is 5.25. The molecule has 1 aromatic carbocycles. The van der Waals surface area contributed by atoms with Crippen LogP contribution in [0.5, 0.6) is 0 Å². The van der Waals surface area contributed by atoms with Gasteiger partial charge in [0, 0.05) is 17.6 Å². The van der Waals surface area contributed by atoms with Crippen LogP contribution in [-0.2, 0) is 11.5 Å². The Morgan fingerprint density at radius 3 is 2.71 bits per heavy atom. The van der Waals surface area contributed by atoms with E-state index < -0.39 is 0 Å². The third-order valence-corrected chi connectivity index (χ3v) is 5.18. The molecular weight excluding hydrogens is 347 g/mol. The average Bonchev–Trinajstić information content (AvgIpc) is 2.46. The quantitative estimate of drug-likeness (QED) is 0.602. The van der Waals surface area contributed by atoms with Gasteiger partial charge in [-0.05, 0) is 23.4 Å². The maximum absolute atomic E-state index is 11.6. The normalized spacial score (nSPS) is 10.8. The number of aromatic nitrogens is 2. The Balaban J connectivity index is 2.06. The molecule has 3 nitrogen and oxygen atoms in total. The molecule has 1 heterocycles. The lowest BCUT2D eigenvalue weighted by molar-refractivity contribution is 0.899. The van der Waals surface area contributed by atoms with Crippen LogP contribution in [0.2, 0.25) is 10.0 Å². The Morgan fingerprint density at radius 2 is 2.00 bits per heavy atom. The number of hydrogen-bond acceptors (Lipinski definition) is 4. The van der Waals surface area contributed by atoms with E-state index in [0.29, 0.717) is 21.0 Å². The molecule has 0 spiro atoms. The number of hydrogen-bond donors (Lipinski definition) is 1. The first kappa shape index (κ1) is 16.7. The van der Waals surface area contributed by atoms with Gasteiger partial charge >= 0.3 is 0 Å². The van der Waals surface area contributed by atoms with E-state index in [1.165, 1.54) is 11.8 Å². The first-order valence-electron chi connectivity index (χ1n) is 6.33. The van der Waals surface area contributed by atoms with Gasteiger partial charge in [0.1, 0.15) is 0 Å². The van der Waals surface area contributed by atoms with Crippen molar-refractivity contribution in [2.24, 2.45) is 0 Å². The monoisotopic (exact) mass is 360 g/mol. The number of rotatable bonds is 6. The van der Waals surface area contributed by atoms with E-state index in [0.717, 1.165) is 22.8 Å². The molecule has 7 heteroatoms. The highest BCUT2D eigenvalue weighted by molar-refractivity contribution is 7.98. The van der Waals surface area contributed by atoms with Gasteiger partial charge < -0.3 is 4.98 Å². The van der Waals surface area contributed by atoms with Crippen LogP contribution in [-0.4, -0.2) is 15.7 Å². The summed E-state index contributed by atoms with van der Waals surface area (Å²) in [6.07, 6.45) is 0. The number of nitrogens with zero attached hydrogens (tertiary/aromatic N) is 1. The lowest BCUT2D eigenvalue weighted by Crippen LogP contribution is -2.09. The molecule has 0 bridgehead atoms. The zero-order chi connectivity index (χ0) is 15.2. The number of benzene rings is 1. The van der Waals surface area contributed by atoms with E-state index in [2.05, 4.69) is 16.9 Å². The van der Waals surface area contributed by atoms with E-state index in [4.69, 9.17) is 23.2 Å². The molecule has 1 aromatic heterocycles. The molecule has 0 aliphatic rings. The molecule has 0 fully saturated rings. The van der Waals surface area contributed by atoms with Gasteiger partial charge in [0.25, 0.3) is 5.56 Å². The van der Waals surface area contributed by atoms with Crippen LogP contribution in [0.1, 0.15) is 18.2 Å². The van der Waals surface area contributed by atoms with Crippen molar-refractivity contribution < 1.29 is 0 Å². The summed E-state index contributed by atoms with van der Waals surface area (Å²) in [7, 11) is 0. The minimum absolute atomic E-state index is 0.117. The summed E-state index contributed by atoms with van der Waals surface area (Å²) in [6, 6.07) is 7.05. The van der Waals surface area contributed by atoms with Gasteiger partial charge in [0.05, 0.1) is 15.7 Å². The average molecular weight is 361 g/mol. The lowest BCUT2D eigenvalue weighted by atomic mass is 10.2. The molecule has 112 valence electrons. The predicted molar refractivity (Wildman–Crippen MR) is 92.7 cm³/mol. The highest BCUT2D eigenvalue weighted by Crippen LogP contribution is 2.26. The van der Waals surface area contributed by atoms with Crippen LogP contribution in [0.25, 0.3) is 0 Å². The molecule has 0 amide bonds. The second kappa shape index (κ2) is 8.13. The summed E-state index contributed by atoms with van der Waals surface area (Å²) in [5.41, 5.74) is 1.72. The SMILES string of the molecule is CCSCc1cc(=O)[nH]c(SCc2ccc(Cl)c(Cl)c2)n1. The Morgan fingerprint density at radius 1 is 1.19 bits per heavy atom. The molecule has 0 saturated heterocycles. The number of halogens is 2. The van der Waals surface area contributed by atoms with E-state index in [-0.39, 0.29) is 5.56 Å². The maximum atomic E-state index is 11.6. The van der Waals surface area contributed by atoms with Crippen LogP contribution in [0, 0.1) is 0 Å². The molecule has 0 aliphatic carbocycles. The van der Waals surface area contributed by atoms with Crippen molar-refractivity contribution in [3.05, 3.63) is 55.9 Å². The van der Waals surface area contributed by atoms with Gasteiger partial charge in [-0.2, -0.15) is 11.8 Å². The smallest absolute Gasteiger partial charge is 0.251 e. The number of aromatic amines is 1. The second-order valence-corrected chi connectivity index (χ2v) is 7.27. The van der Waals surface area contributed by atoms with Crippen LogP contribution in [0.3, 0.4) is 0 Å². The Hall–Kier alpha value is -0.620. The van der Waals surface area contributed by atoms with Gasteiger partial charge in [-0.3, -0.25) is 4.79 Å². The topological polar surface area (TPSA) is 45.8 Å². The minimum atomic E-state index is -0.117. The van der Waals surface area contributed by atoms with Crippen molar-refractivity contribution in [3.63, 3.8) is 0 Å². The van der Waals surface area contributed by atoms with E-state index in [9.17, 15) is 4.79 Å². The fraction of sp³-hybridized carbons (Fsp3) is 0.286. The van der Waals surface area contributed by atoms with Gasteiger partial charge in [-0.15, -0.1) is 0 Å². The highest BCUT2D eigenvalue weighted by Gasteiger charge is 2.05. The van der Waals surface area contributed by atoms with Crippen LogP contribution < -0.4 is 5.56 Å². The van der Waals surface area contributed by atoms with Crippen molar-refractivity contribution in [1.29, 1.82) is 0 Å². The standard InChI is InChI=1S/C14H14Cl2N2OS2/c1-2-20-8-10-6-13(19)18-14(17-10)21-7-9-3-4-11(15)12(16)5-9/h3-6H,2,7-8H2,1H3,(H,17,18,19). The van der Waals surface area contributed by atoms with E-state index in [1.807, 2.05) is 12.1 Å². The zero-order valence-electron chi connectivity index (χ0n) is 11.4. The summed E-state index contributed by atoms with van der Waals surface area (Å²) in [5, 5.41) is 1.69. The van der Waals surface area contributed by atoms with Crippen LogP contribution >= 0.6 is 46.7 Å². The summed E-state index contributed by atoms with van der Waals surface area (Å²) in [6.45, 7) is 2.08. The van der Waals surface area contributed by atoms with Crippen molar-refractivity contribution in [2.75, 3.05) is 5.75 Å². The first-order chi connectivity index (χ1) is 10.1. The summed E-state index contributed by atoms with van der Waals surface area (Å²) >= 11 is 15.1. The van der Waals surface area contributed by atoms with Crippen molar-refractivity contribution >= 4 is 46.7 Å². The molecule has 2 rings (SSSR count). The molecule has 0 atom stereocenters. The largest absolute Gasteiger partial charge is 0.301 e. The molecule has 21 heavy (non-hydrogen) atoms. The summed E-state index contributed by atoms with van der Waals surface area (Å²) < 4.78 is 0. The molecule has 1 N–H and O–H groups in total. The van der Waals surface area contributed by atoms with Crippen molar-refractivity contribution in [3.8, 4) is 0 Å². The zero-order valence-corrected chi connectivity index (χ0v) is 14.5.